The van der Waals surface area contributed by atoms with Crippen LogP contribution in [0.1, 0.15) is 15.9 Å². The van der Waals surface area contributed by atoms with Crippen molar-refractivity contribution in [2.24, 2.45) is 0 Å². The normalized spacial score (nSPS) is 13.2. The SMILES string of the molecule is O=C1C(O)=Cc2c(-c3ccc(O)c(O)c3)ccc3cccc1c23. The van der Waals surface area contributed by atoms with Crippen molar-refractivity contribution in [3.8, 4) is 22.6 Å². The molecule has 0 radical (unpaired) electrons. The summed E-state index contributed by atoms with van der Waals surface area (Å²) < 4.78 is 0. The minimum absolute atomic E-state index is 0.197. The van der Waals surface area contributed by atoms with Crippen LogP contribution in [0.5, 0.6) is 11.5 Å². The van der Waals surface area contributed by atoms with Gasteiger partial charge < -0.3 is 15.3 Å². The second-order valence-corrected chi connectivity index (χ2v) is 5.49. The third-order valence-electron chi connectivity index (χ3n) is 4.13. The van der Waals surface area contributed by atoms with Crippen molar-refractivity contribution in [1.82, 2.24) is 0 Å². The molecule has 0 atom stereocenters. The predicted molar refractivity (Wildman–Crippen MR) is 87.6 cm³/mol. The van der Waals surface area contributed by atoms with E-state index in [1.807, 2.05) is 18.2 Å². The van der Waals surface area contributed by atoms with E-state index in [1.165, 1.54) is 18.2 Å². The maximum atomic E-state index is 12.2. The summed E-state index contributed by atoms with van der Waals surface area (Å²) in [6.07, 6.45) is 1.46. The molecule has 3 aromatic carbocycles. The maximum Gasteiger partial charge on any atom is 0.227 e. The number of aliphatic hydroxyl groups excluding tert-OH is 1. The van der Waals surface area contributed by atoms with Crippen molar-refractivity contribution < 1.29 is 20.1 Å². The molecule has 1 aliphatic carbocycles. The molecule has 0 spiro atoms. The van der Waals surface area contributed by atoms with Gasteiger partial charge in [-0.2, -0.15) is 0 Å². The van der Waals surface area contributed by atoms with Gasteiger partial charge in [0.2, 0.25) is 5.78 Å². The van der Waals surface area contributed by atoms with E-state index >= 15 is 0 Å². The molecule has 0 unspecified atom stereocenters. The number of aliphatic hydroxyl groups is 1. The average molecular weight is 304 g/mol. The van der Waals surface area contributed by atoms with Crippen molar-refractivity contribution in [2.75, 3.05) is 0 Å². The van der Waals surface area contributed by atoms with Crippen molar-refractivity contribution in [2.45, 2.75) is 0 Å². The molecule has 4 rings (SSSR count). The Labute approximate surface area is 131 Å². The molecule has 0 saturated carbocycles. The molecule has 0 bridgehead atoms. The van der Waals surface area contributed by atoms with Gasteiger partial charge >= 0.3 is 0 Å². The highest BCUT2D eigenvalue weighted by molar-refractivity contribution is 6.22. The molecule has 4 nitrogen and oxygen atoms in total. The Kier molecular flexibility index (Phi) is 2.69. The smallest absolute Gasteiger partial charge is 0.227 e. The summed E-state index contributed by atoms with van der Waals surface area (Å²) in [6, 6.07) is 13.7. The topological polar surface area (TPSA) is 77.8 Å². The van der Waals surface area contributed by atoms with Gasteiger partial charge in [-0.3, -0.25) is 4.79 Å². The van der Waals surface area contributed by atoms with Crippen molar-refractivity contribution in [3.05, 3.63) is 65.4 Å². The van der Waals surface area contributed by atoms with E-state index in [4.69, 9.17) is 0 Å². The van der Waals surface area contributed by atoms with E-state index in [-0.39, 0.29) is 17.3 Å². The van der Waals surface area contributed by atoms with E-state index in [1.54, 1.807) is 18.2 Å². The fourth-order valence-electron chi connectivity index (χ4n) is 3.03. The van der Waals surface area contributed by atoms with Gasteiger partial charge in [0, 0.05) is 10.9 Å². The molecule has 1 aliphatic rings. The largest absolute Gasteiger partial charge is 0.504 e. The van der Waals surface area contributed by atoms with E-state index in [0.717, 1.165) is 21.9 Å². The highest BCUT2D eigenvalue weighted by Crippen LogP contribution is 2.39. The number of benzene rings is 3. The van der Waals surface area contributed by atoms with Crippen LogP contribution in [0.4, 0.5) is 0 Å². The number of ketones is 1. The van der Waals surface area contributed by atoms with Crippen LogP contribution in [-0.2, 0) is 0 Å². The van der Waals surface area contributed by atoms with E-state index < -0.39 is 5.78 Å². The summed E-state index contributed by atoms with van der Waals surface area (Å²) in [5.74, 6) is -1.12. The van der Waals surface area contributed by atoms with Gasteiger partial charge in [-0.1, -0.05) is 36.4 Å². The predicted octanol–water partition coefficient (Wildman–Crippen LogP) is 4.01. The van der Waals surface area contributed by atoms with Crippen molar-refractivity contribution >= 4 is 22.6 Å². The van der Waals surface area contributed by atoms with Crippen LogP contribution >= 0.6 is 0 Å². The molecule has 112 valence electrons. The summed E-state index contributed by atoms with van der Waals surface area (Å²) in [6.45, 7) is 0. The van der Waals surface area contributed by atoms with Crippen LogP contribution in [0.15, 0.2) is 54.3 Å². The Morgan fingerprint density at radius 1 is 0.783 bits per heavy atom. The van der Waals surface area contributed by atoms with Gasteiger partial charge in [0.25, 0.3) is 0 Å². The second-order valence-electron chi connectivity index (χ2n) is 5.49. The van der Waals surface area contributed by atoms with Crippen LogP contribution in [0.3, 0.4) is 0 Å². The number of rotatable bonds is 1. The molecule has 0 aliphatic heterocycles. The monoisotopic (exact) mass is 304 g/mol. The van der Waals surface area contributed by atoms with Crippen LogP contribution in [-0.4, -0.2) is 21.1 Å². The zero-order valence-corrected chi connectivity index (χ0v) is 11.9. The van der Waals surface area contributed by atoms with Gasteiger partial charge in [0.1, 0.15) is 0 Å². The lowest BCUT2D eigenvalue weighted by Gasteiger charge is -2.17. The van der Waals surface area contributed by atoms with E-state index in [0.29, 0.717) is 11.1 Å². The third-order valence-corrected chi connectivity index (χ3v) is 4.13. The van der Waals surface area contributed by atoms with Crippen molar-refractivity contribution in [1.29, 1.82) is 0 Å². The first-order valence-electron chi connectivity index (χ1n) is 7.10. The van der Waals surface area contributed by atoms with Crippen LogP contribution in [0.25, 0.3) is 28.0 Å². The lowest BCUT2D eigenvalue weighted by molar-refractivity contribution is 0.0981. The zero-order valence-electron chi connectivity index (χ0n) is 11.9. The Hall–Kier alpha value is -3.27. The summed E-state index contributed by atoms with van der Waals surface area (Å²) in [4.78, 5) is 12.2. The molecule has 0 heterocycles. The molecule has 23 heavy (non-hydrogen) atoms. The fraction of sp³-hybridized carbons (Fsp3) is 0. The number of Topliss-reactive ketones (excluding diaryl/α,β-unsaturated/α-hetero) is 1. The number of carbonyl (C=O) groups excluding carboxylic acids is 1. The van der Waals surface area contributed by atoms with Gasteiger partial charge in [-0.05, 0) is 40.3 Å². The summed E-state index contributed by atoms with van der Waals surface area (Å²) in [5.41, 5.74) is 2.63. The Morgan fingerprint density at radius 2 is 1.61 bits per heavy atom. The Bertz CT molecular complexity index is 1020. The summed E-state index contributed by atoms with van der Waals surface area (Å²) in [5, 5.41) is 30.9. The Morgan fingerprint density at radius 3 is 2.39 bits per heavy atom. The lowest BCUT2D eigenvalue weighted by Crippen LogP contribution is -2.09. The van der Waals surface area contributed by atoms with E-state index in [9.17, 15) is 20.1 Å². The average Bonchev–Trinajstić information content (AvgIpc) is 2.55. The maximum absolute atomic E-state index is 12.2. The zero-order chi connectivity index (χ0) is 16.1. The second kappa shape index (κ2) is 4.61. The first-order chi connectivity index (χ1) is 11.1. The molecular weight excluding hydrogens is 292 g/mol. The highest BCUT2D eigenvalue weighted by atomic mass is 16.3. The van der Waals surface area contributed by atoms with Gasteiger partial charge in [-0.15, -0.1) is 0 Å². The van der Waals surface area contributed by atoms with E-state index in [2.05, 4.69) is 0 Å². The number of phenolic OH excluding ortho intramolecular Hbond substituents is 2. The third kappa shape index (κ3) is 1.89. The molecule has 0 aromatic heterocycles. The van der Waals surface area contributed by atoms with Crippen LogP contribution < -0.4 is 0 Å². The number of aromatic hydroxyl groups is 2. The molecule has 0 saturated heterocycles. The minimum atomic E-state index is -0.395. The Balaban J connectivity index is 2.09. The first-order valence-corrected chi connectivity index (χ1v) is 7.10. The molecule has 4 heteroatoms. The number of hydrogen-bond acceptors (Lipinski definition) is 4. The molecule has 0 fully saturated rings. The van der Waals surface area contributed by atoms with Gasteiger partial charge in [-0.25, -0.2) is 0 Å². The highest BCUT2D eigenvalue weighted by Gasteiger charge is 2.23. The lowest BCUT2D eigenvalue weighted by atomic mass is 9.86. The van der Waals surface area contributed by atoms with Gasteiger partial charge in [0.05, 0.1) is 0 Å². The van der Waals surface area contributed by atoms with Crippen molar-refractivity contribution in [3.63, 3.8) is 0 Å². The number of hydrogen-bond donors (Lipinski definition) is 3. The minimum Gasteiger partial charge on any atom is -0.504 e. The first kappa shape index (κ1) is 13.4. The van der Waals surface area contributed by atoms with Crippen LogP contribution in [0, 0.1) is 0 Å². The molecular formula is C19H12O4. The summed E-state index contributed by atoms with van der Waals surface area (Å²) in [7, 11) is 0. The fourth-order valence-corrected chi connectivity index (χ4v) is 3.03. The summed E-state index contributed by atoms with van der Waals surface area (Å²) >= 11 is 0. The molecule has 0 amide bonds. The number of carbonyl (C=O) groups is 1. The van der Waals surface area contributed by atoms with Gasteiger partial charge in [0.15, 0.2) is 17.3 Å². The quantitative estimate of drug-likeness (QED) is 0.593. The number of allylic oxidation sites excluding steroid dienone is 1. The standard InChI is InChI=1S/C19H12O4/c20-15-7-5-11(8-16(15)21)12-6-4-10-2-1-3-13-18(10)14(12)9-17(22)19(13)23/h1-9,20-22H. The number of phenols is 2. The molecule has 3 aromatic rings. The van der Waals surface area contributed by atoms with Crippen LogP contribution in [0.2, 0.25) is 0 Å². The molecule has 3 N–H and O–H groups in total.